The van der Waals surface area contributed by atoms with E-state index in [9.17, 15) is 0 Å². The molecule has 0 aromatic rings. The van der Waals surface area contributed by atoms with E-state index in [1.54, 1.807) is 0 Å². The summed E-state index contributed by atoms with van der Waals surface area (Å²) in [6, 6.07) is 0. The fourth-order valence-corrected chi connectivity index (χ4v) is 2.78. The Hall–Kier alpha value is -0.0400. The molecule has 0 bridgehead atoms. The van der Waals surface area contributed by atoms with Crippen molar-refractivity contribution in [2.45, 2.75) is 59.3 Å². The van der Waals surface area contributed by atoms with Gasteiger partial charge in [-0.15, -0.1) is 24.0 Å². The van der Waals surface area contributed by atoms with E-state index in [1.807, 2.05) is 0 Å². The van der Waals surface area contributed by atoms with Crippen molar-refractivity contribution in [1.29, 1.82) is 0 Å². The second-order valence-electron chi connectivity index (χ2n) is 6.08. The summed E-state index contributed by atoms with van der Waals surface area (Å²) in [6.45, 7) is 13.4. The van der Waals surface area contributed by atoms with E-state index in [4.69, 9.17) is 4.99 Å². The largest absolute Gasteiger partial charge is 0.357 e. The van der Waals surface area contributed by atoms with Crippen molar-refractivity contribution in [3.8, 4) is 0 Å². The summed E-state index contributed by atoms with van der Waals surface area (Å²) in [6.07, 6.45) is 7.74. The van der Waals surface area contributed by atoms with Crippen LogP contribution in [0.2, 0.25) is 0 Å². The Morgan fingerprint density at radius 1 is 1.05 bits per heavy atom. The van der Waals surface area contributed by atoms with Gasteiger partial charge in [-0.1, -0.05) is 26.7 Å². The van der Waals surface area contributed by atoms with Gasteiger partial charge in [-0.25, -0.2) is 0 Å². The molecule has 0 atom stereocenters. The van der Waals surface area contributed by atoms with Gasteiger partial charge in [0.15, 0.2) is 5.96 Å². The van der Waals surface area contributed by atoms with Crippen LogP contribution in [0.5, 0.6) is 0 Å². The lowest BCUT2D eigenvalue weighted by molar-refractivity contribution is 0.330. The maximum atomic E-state index is 4.71. The van der Waals surface area contributed by atoms with Gasteiger partial charge in [-0.05, 0) is 58.2 Å². The summed E-state index contributed by atoms with van der Waals surface area (Å²) in [5.41, 5.74) is 0. The minimum atomic E-state index is 0. The molecular formula is C17H37IN4. The van der Waals surface area contributed by atoms with Crippen molar-refractivity contribution in [2.75, 3.05) is 39.3 Å². The Balaban J connectivity index is 0.00000441. The lowest BCUT2D eigenvalue weighted by atomic mass is 10.0. The van der Waals surface area contributed by atoms with Gasteiger partial charge in [-0.3, -0.25) is 4.99 Å². The van der Waals surface area contributed by atoms with Crippen molar-refractivity contribution < 1.29 is 0 Å². The van der Waals surface area contributed by atoms with Crippen LogP contribution >= 0.6 is 24.0 Å². The zero-order valence-electron chi connectivity index (χ0n) is 14.9. The second-order valence-corrected chi connectivity index (χ2v) is 6.08. The maximum absolute atomic E-state index is 4.71. The van der Waals surface area contributed by atoms with Gasteiger partial charge in [0.25, 0.3) is 0 Å². The fourth-order valence-electron chi connectivity index (χ4n) is 2.78. The summed E-state index contributed by atoms with van der Waals surface area (Å²) in [5, 5.41) is 6.82. The molecule has 4 nitrogen and oxygen atoms in total. The van der Waals surface area contributed by atoms with E-state index in [-0.39, 0.29) is 24.0 Å². The number of likely N-dealkylation sites (tertiary alicyclic amines) is 1. The third kappa shape index (κ3) is 9.87. The molecule has 1 fully saturated rings. The van der Waals surface area contributed by atoms with Crippen LogP contribution in [0.4, 0.5) is 0 Å². The van der Waals surface area contributed by atoms with E-state index >= 15 is 0 Å². The highest BCUT2D eigenvalue weighted by Gasteiger charge is 2.10. The number of rotatable bonds is 10. The summed E-state index contributed by atoms with van der Waals surface area (Å²) >= 11 is 0. The van der Waals surface area contributed by atoms with E-state index in [0.717, 1.165) is 31.5 Å². The Morgan fingerprint density at radius 2 is 1.73 bits per heavy atom. The van der Waals surface area contributed by atoms with Crippen LogP contribution in [-0.4, -0.2) is 50.1 Å². The highest BCUT2D eigenvalue weighted by Crippen LogP contribution is 2.08. The van der Waals surface area contributed by atoms with Gasteiger partial charge in [0.05, 0.1) is 0 Å². The number of nitrogens with zero attached hydrogens (tertiary/aromatic N) is 2. The monoisotopic (exact) mass is 424 g/mol. The number of hydrogen-bond acceptors (Lipinski definition) is 2. The molecule has 1 rings (SSSR count). The third-order valence-corrected chi connectivity index (χ3v) is 4.40. The average molecular weight is 424 g/mol. The van der Waals surface area contributed by atoms with Gasteiger partial charge in [0.1, 0.15) is 0 Å². The minimum absolute atomic E-state index is 0. The normalized spacial score (nSPS) is 15.9. The predicted molar refractivity (Wildman–Crippen MR) is 108 cm³/mol. The van der Waals surface area contributed by atoms with Gasteiger partial charge in [-0.2, -0.15) is 0 Å². The van der Waals surface area contributed by atoms with Crippen molar-refractivity contribution in [1.82, 2.24) is 15.5 Å². The van der Waals surface area contributed by atoms with Gasteiger partial charge >= 0.3 is 0 Å². The van der Waals surface area contributed by atoms with Crippen LogP contribution in [0, 0.1) is 5.92 Å². The summed E-state index contributed by atoms with van der Waals surface area (Å²) < 4.78 is 0. The first-order chi connectivity index (χ1) is 10.3. The minimum Gasteiger partial charge on any atom is -0.357 e. The summed E-state index contributed by atoms with van der Waals surface area (Å²) in [5.74, 6) is 1.71. The van der Waals surface area contributed by atoms with E-state index < -0.39 is 0 Å². The lowest BCUT2D eigenvalue weighted by Gasteiger charge is -2.16. The van der Waals surface area contributed by atoms with E-state index in [1.165, 1.54) is 58.2 Å². The first-order valence-corrected chi connectivity index (χ1v) is 9.04. The first kappa shape index (κ1) is 22.0. The smallest absolute Gasteiger partial charge is 0.191 e. The molecule has 1 saturated heterocycles. The molecule has 1 aliphatic rings. The van der Waals surface area contributed by atoms with Gasteiger partial charge in [0.2, 0.25) is 0 Å². The molecule has 2 N–H and O–H groups in total. The molecule has 0 spiro atoms. The van der Waals surface area contributed by atoms with Crippen molar-refractivity contribution >= 4 is 29.9 Å². The molecule has 0 unspecified atom stereocenters. The standard InChI is InChI=1S/C17H36N4.HI/c1-4-16(5-2)15-20-17(18-6-3)19-11-7-8-12-21-13-9-10-14-21;/h16H,4-15H2,1-3H3,(H2,18,19,20);1H. The Morgan fingerprint density at radius 3 is 2.32 bits per heavy atom. The molecule has 0 amide bonds. The van der Waals surface area contributed by atoms with Crippen molar-refractivity contribution in [2.24, 2.45) is 10.9 Å². The van der Waals surface area contributed by atoms with E-state index in [0.29, 0.717) is 0 Å². The molecule has 1 heterocycles. The van der Waals surface area contributed by atoms with Gasteiger partial charge in [0, 0.05) is 19.6 Å². The number of aliphatic imine (C=N–C) groups is 1. The second kappa shape index (κ2) is 14.5. The number of guanidine groups is 1. The number of nitrogens with one attached hydrogen (secondary N) is 2. The maximum Gasteiger partial charge on any atom is 0.191 e. The Labute approximate surface area is 154 Å². The highest BCUT2D eigenvalue weighted by molar-refractivity contribution is 14.0. The zero-order chi connectivity index (χ0) is 15.3. The summed E-state index contributed by atoms with van der Waals surface area (Å²) in [4.78, 5) is 7.30. The van der Waals surface area contributed by atoms with Crippen LogP contribution in [0.1, 0.15) is 59.3 Å². The van der Waals surface area contributed by atoms with Gasteiger partial charge < -0.3 is 15.5 Å². The van der Waals surface area contributed by atoms with Crippen LogP contribution in [0.3, 0.4) is 0 Å². The third-order valence-electron chi connectivity index (χ3n) is 4.40. The van der Waals surface area contributed by atoms with E-state index in [2.05, 4.69) is 36.3 Å². The van der Waals surface area contributed by atoms with Crippen LogP contribution in [0.15, 0.2) is 4.99 Å². The lowest BCUT2D eigenvalue weighted by Crippen LogP contribution is -2.38. The highest BCUT2D eigenvalue weighted by atomic mass is 127. The molecule has 132 valence electrons. The SMILES string of the molecule is CCNC(=NCC(CC)CC)NCCCCN1CCCC1.I. The van der Waals surface area contributed by atoms with Crippen molar-refractivity contribution in [3.05, 3.63) is 0 Å². The molecular weight excluding hydrogens is 387 g/mol. The summed E-state index contributed by atoms with van der Waals surface area (Å²) in [7, 11) is 0. The number of hydrogen-bond donors (Lipinski definition) is 2. The van der Waals surface area contributed by atoms with Crippen LogP contribution < -0.4 is 10.6 Å². The Kier molecular flexibility index (Phi) is 14.5. The molecule has 0 aliphatic carbocycles. The molecule has 5 heteroatoms. The average Bonchev–Trinajstić information content (AvgIpc) is 3.01. The predicted octanol–water partition coefficient (Wildman–Crippen LogP) is 3.47. The number of halogens is 1. The number of unbranched alkanes of at least 4 members (excludes halogenated alkanes) is 1. The molecule has 1 aliphatic heterocycles. The quantitative estimate of drug-likeness (QED) is 0.244. The molecule has 0 aromatic heterocycles. The molecule has 0 saturated carbocycles. The molecule has 0 radical (unpaired) electrons. The fraction of sp³-hybridized carbons (Fsp3) is 0.941. The Bertz CT molecular complexity index is 274. The van der Waals surface area contributed by atoms with Crippen LogP contribution in [0.25, 0.3) is 0 Å². The van der Waals surface area contributed by atoms with Crippen molar-refractivity contribution in [3.63, 3.8) is 0 Å². The topological polar surface area (TPSA) is 39.7 Å². The first-order valence-electron chi connectivity index (χ1n) is 9.04. The van der Waals surface area contributed by atoms with Crippen LogP contribution in [-0.2, 0) is 0 Å². The molecule has 22 heavy (non-hydrogen) atoms. The molecule has 0 aromatic carbocycles. The zero-order valence-corrected chi connectivity index (χ0v) is 17.2.